The molecule has 0 rings (SSSR count). The van der Waals surface area contributed by atoms with Crippen LogP contribution in [0.2, 0.25) is 0 Å². The van der Waals surface area contributed by atoms with Crippen LogP contribution in [0.5, 0.6) is 0 Å². The third-order valence-electron chi connectivity index (χ3n) is 1.37. The van der Waals surface area contributed by atoms with E-state index in [2.05, 4.69) is 0 Å². The minimum Gasteiger partial charge on any atom is -0.481 e. The molecule has 0 unspecified atom stereocenters. The molecule has 0 aliphatic carbocycles. The van der Waals surface area contributed by atoms with Gasteiger partial charge in [0, 0.05) is 6.92 Å². The van der Waals surface area contributed by atoms with Crippen LogP contribution in [0.25, 0.3) is 0 Å². The SMILES string of the molecule is CC(=O)F.CC(C)(C)OC(=O)N[C@@H](CC(=O)O)C(=O)O. The van der Waals surface area contributed by atoms with Gasteiger partial charge in [-0.25, -0.2) is 9.59 Å². The van der Waals surface area contributed by atoms with Gasteiger partial charge >= 0.3 is 18.0 Å². The highest BCUT2D eigenvalue weighted by atomic mass is 19.1. The Labute approximate surface area is 114 Å². The van der Waals surface area contributed by atoms with Gasteiger partial charge < -0.3 is 20.3 Å². The van der Waals surface area contributed by atoms with E-state index in [0.29, 0.717) is 0 Å². The van der Waals surface area contributed by atoms with E-state index in [1.54, 1.807) is 20.8 Å². The van der Waals surface area contributed by atoms with Gasteiger partial charge in [-0.2, -0.15) is 4.39 Å². The number of hydrogen-bond acceptors (Lipinski definition) is 5. The molecular formula is C11H18FNO7. The highest BCUT2D eigenvalue weighted by Crippen LogP contribution is 2.07. The van der Waals surface area contributed by atoms with E-state index in [9.17, 15) is 18.8 Å². The molecule has 0 spiro atoms. The molecule has 8 nitrogen and oxygen atoms in total. The number of ether oxygens (including phenoxy) is 1. The summed E-state index contributed by atoms with van der Waals surface area (Å²) in [6, 6.07) is -2.83. The highest BCUT2D eigenvalue weighted by molar-refractivity contribution is 5.84. The summed E-state index contributed by atoms with van der Waals surface area (Å²) in [4.78, 5) is 40.9. The zero-order valence-electron chi connectivity index (χ0n) is 11.6. The number of amides is 1. The van der Waals surface area contributed by atoms with Gasteiger partial charge in [0.15, 0.2) is 0 Å². The summed E-state index contributed by atoms with van der Waals surface area (Å²) >= 11 is 0. The van der Waals surface area contributed by atoms with Crippen molar-refractivity contribution in [1.29, 1.82) is 0 Å². The van der Waals surface area contributed by atoms with E-state index in [4.69, 9.17) is 19.7 Å². The first kappa shape index (κ1) is 20.1. The third kappa shape index (κ3) is 15.8. The molecule has 0 heterocycles. The van der Waals surface area contributed by atoms with Crippen molar-refractivity contribution < 1.29 is 38.5 Å². The van der Waals surface area contributed by atoms with Gasteiger partial charge in [0.05, 0.1) is 6.42 Å². The Bertz CT molecular complexity index is 371. The van der Waals surface area contributed by atoms with Crippen LogP contribution in [0.3, 0.4) is 0 Å². The van der Waals surface area contributed by atoms with E-state index in [1.165, 1.54) is 0 Å². The second-order valence-corrected chi connectivity index (χ2v) is 4.61. The van der Waals surface area contributed by atoms with E-state index in [-0.39, 0.29) is 0 Å². The van der Waals surface area contributed by atoms with Crippen molar-refractivity contribution in [2.24, 2.45) is 0 Å². The molecule has 116 valence electrons. The van der Waals surface area contributed by atoms with Crippen molar-refractivity contribution in [3.8, 4) is 0 Å². The third-order valence-corrected chi connectivity index (χ3v) is 1.37. The average Bonchev–Trinajstić information content (AvgIpc) is 2.11. The first-order valence-corrected chi connectivity index (χ1v) is 5.45. The fourth-order valence-electron chi connectivity index (χ4n) is 0.825. The molecule has 0 aromatic heterocycles. The Kier molecular flexibility index (Phi) is 8.89. The quantitative estimate of drug-likeness (QED) is 0.658. The first-order valence-electron chi connectivity index (χ1n) is 5.45. The highest BCUT2D eigenvalue weighted by Gasteiger charge is 2.25. The van der Waals surface area contributed by atoms with E-state index < -0.39 is 42.1 Å². The predicted octanol–water partition coefficient (Wildman–Crippen LogP) is 0.941. The summed E-state index contributed by atoms with van der Waals surface area (Å²) in [6.45, 7) is 5.69. The molecule has 1 amide bonds. The number of nitrogens with one attached hydrogen (secondary N) is 1. The maximum atomic E-state index is 11.2. The predicted molar refractivity (Wildman–Crippen MR) is 64.8 cm³/mol. The van der Waals surface area contributed by atoms with Gasteiger partial charge in [0.25, 0.3) is 6.04 Å². The number of alkyl carbamates (subject to hydrolysis) is 1. The number of aliphatic carboxylic acids is 2. The summed E-state index contributed by atoms with van der Waals surface area (Å²) in [5, 5.41) is 19.0. The van der Waals surface area contributed by atoms with Crippen molar-refractivity contribution in [2.75, 3.05) is 0 Å². The first-order chi connectivity index (χ1) is 8.85. The Balaban J connectivity index is 0. The second-order valence-electron chi connectivity index (χ2n) is 4.61. The number of halogens is 1. The molecule has 0 fully saturated rings. The van der Waals surface area contributed by atoms with Crippen LogP contribution in [0.1, 0.15) is 34.1 Å². The molecule has 0 aromatic carbocycles. The maximum absolute atomic E-state index is 11.2. The van der Waals surface area contributed by atoms with Crippen LogP contribution in [0.4, 0.5) is 9.18 Å². The molecule has 0 saturated heterocycles. The zero-order valence-corrected chi connectivity index (χ0v) is 11.6. The van der Waals surface area contributed by atoms with Crippen molar-refractivity contribution >= 4 is 24.1 Å². The van der Waals surface area contributed by atoms with Crippen LogP contribution in [0, 0.1) is 0 Å². The molecule has 0 radical (unpaired) electrons. The zero-order chi connectivity index (χ0) is 16.5. The van der Waals surface area contributed by atoms with Crippen LogP contribution >= 0.6 is 0 Å². The molecule has 20 heavy (non-hydrogen) atoms. The number of hydrogen-bond donors (Lipinski definition) is 3. The Morgan fingerprint density at radius 3 is 1.85 bits per heavy atom. The van der Waals surface area contributed by atoms with Crippen molar-refractivity contribution in [3.63, 3.8) is 0 Å². The molecule has 3 N–H and O–H groups in total. The van der Waals surface area contributed by atoms with E-state index in [0.717, 1.165) is 6.92 Å². The topological polar surface area (TPSA) is 130 Å². The molecule has 1 atom stereocenters. The van der Waals surface area contributed by atoms with Crippen molar-refractivity contribution in [1.82, 2.24) is 5.32 Å². The number of carboxylic acid groups (broad SMARTS) is 2. The van der Waals surface area contributed by atoms with Gasteiger partial charge in [-0.3, -0.25) is 9.59 Å². The average molecular weight is 295 g/mol. The van der Waals surface area contributed by atoms with Gasteiger partial charge in [-0.1, -0.05) is 0 Å². The van der Waals surface area contributed by atoms with Crippen LogP contribution in [0.15, 0.2) is 0 Å². The molecule has 9 heteroatoms. The number of carbonyl (C=O) groups is 4. The van der Waals surface area contributed by atoms with Gasteiger partial charge in [-0.05, 0) is 20.8 Å². The largest absolute Gasteiger partial charge is 0.481 e. The number of carbonyl (C=O) groups excluding carboxylic acids is 2. The lowest BCUT2D eigenvalue weighted by molar-refractivity contribution is -0.145. The minimum absolute atomic E-state index is 0.700. The van der Waals surface area contributed by atoms with Gasteiger partial charge in [0.1, 0.15) is 11.6 Å². The number of rotatable bonds is 4. The Hall–Kier alpha value is -2.19. The van der Waals surface area contributed by atoms with E-state index in [1.807, 2.05) is 5.32 Å². The monoisotopic (exact) mass is 295 g/mol. The molecular weight excluding hydrogens is 277 g/mol. The normalized spacial score (nSPS) is 11.4. The second kappa shape index (κ2) is 8.83. The lowest BCUT2D eigenvalue weighted by Crippen LogP contribution is -2.44. The van der Waals surface area contributed by atoms with Crippen molar-refractivity contribution in [3.05, 3.63) is 0 Å². The molecule has 0 aliphatic heterocycles. The molecule has 0 aromatic rings. The smallest absolute Gasteiger partial charge is 0.408 e. The van der Waals surface area contributed by atoms with Crippen LogP contribution in [-0.4, -0.2) is 45.9 Å². The molecule has 0 aliphatic rings. The van der Waals surface area contributed by atoms with E-state index >= 15 is 0 Å². The maximum Gasteiger partial charge on any atom is 0.408 e. The molecule has 0 bridgehead atoms. The standard InChI is InChI=1S/C9H15NO6.C2H3FO/c1-9(2,3)16-8(15)10-5(7(13)14)4-6(11)12;1-2(3)4/h5H,4H2,1-3H3,(H,10,15)(H,11,12)(H,13,14);1H3/t5-;/m0./s1. The molecule has 0 saturated carbocycles. The van der Waals surface area contributed by atoms with Gasteiger partial charge in [-0.15, -0.1) is 0 Å². The summed E-state index contributed by atoms with van der Waals surface area (Å²) in [5.41, 5.74) is -0.767. The summed E-state index contributed by atoms with van der Waals surface area (Å²) in [7, 11) is 0. The van der Waals surface area contributed by atoms with Crippen molar-refractivity contribution in [2.45, 2.75) is 45.8 Å². The fraction of sp³-hybridized carbons (Fsp3) is 0.636. The minimum atomic E-state index is -1.49. The van der Waals surface area contributed by atoms with Crippen LogP contribution < -0.4 is 5.32 Å². The summed E-state index contributed by atoms with van der Waals surface area (Å²) < 4.78 is 15.2. The fourth-order valence-corrected chi connectivity index (χ4v) is 0.825. The van der Waals surface area contributed by atoms with Gasteiger partial charge in [0.2, 0.25) is 0 Å². The van der Waals surface area contributed by atoms with Crippen LogP contribution in [-0.2, 0) is 19.1 Å². The Morgan fingerprint density at radius 1 is 1.20 bits per heavy atom. The lowest BCUT2D eigenvalue weighted by Gasteiger charge is -2.21. The summed E-state index contributed by atoms with van der Waals surface area (Å²) in [5.74, 6) is -2.74. The summed E-state index contributed by atoms with van der Waals surface area (Å²) in [6.07, 6.45) is -1.66. The lowest BCUT2D eigenvalue weighted by atomic mass is 10.2. The Morgan fingerprint density at radius 2 is 1.60 bits per heavy atom. The number of carboxylic acids is 2.